The second-order valence-corrected chi connectivity index (χ2v) is 4.12. The molecule has 0 atom stereocenters. The molecule has 88 valence electrons. The predicted octanol–water partition coefficient (Wildman–Crippen LogP) is 2.15. The van der Waals surface area contributed by atoms with Gasteiger partial charge in [-0.25, -0.2) is 9.37 Å². The number of carbonyl (C=O) groups excluding carboxylic acids is 1. The summed E-state index contributed by atoms with van der Waals surface area (Å²) in [6, 6.07) is 4.29. The SMILES string of the molecule is Nc1ncc(C(=O)Nc2ccc(Br)c(F)c2)[nH]1. The molecule has 0 saturated heterocycles. The van der Waals surface area contributed by atoms with Crippen molar-refractivity contribution in [2.24, 2.45) is 0 Å². The minimum atomic E-state index is -0.452. The van der Waals surface area contributed by atoms with Crippen molar-refractivity contribution in [3.63, 3.8) is 0 Å². The Balaban J connectivity index is 2.15. The number of H-pyrrole nitrogens is 1. The maximum absolute atomic E-state index is 13.2. The van der Waals surface area contributed by atoms with Crippen LogP contribution in [0.15, 0.2) is 28.9 Å². The molecule has 0 bridgehead atoms. The predicted molar refractivity (Wildman–Crippen MR) is 65.1 cm³/mol. The van der Waals surface area contributed by atoms with Gasteiger partial charge in [0.25, 0.3) is 5.91 Å². The number of nitrogens with two attached hydrogens (primary N) is 1. The summed E-state index contributed by atoms with van der Waals surface area (Å²) < 4.78 is 13.5. The van der Waals surface area contributed by atoms with E-state index in [9.17, 15) is 9.18 Å². The zero-order chi connectivity index (χ0) is 12.4. The van der Waals surface area contributed by atoms with Gasteiger partial charge in [-0.15, -0.1) is 0 Å². The fourth-order valence-corrected chi connectivity index (χ4v) is 1.47. The molecule has 0 radical (unpaired) electrons. The van der Waals surface area contributed by atoms with Crippen LogP contribution in [0.5, 0.6) is 0 Å². The molecule has 5 nitrogen and oxygen atoms in total. The van der Waals surface area contributed by atoms with Crippen molar-refractivity contribution in [2.75, 3.05) is 11.1 Å². The summed E-state index contributed by atoms with van der Waals surface area (Å²) in [5.41, 5.74) is 5.91. The van der Waals surface area contributed by atoms with Crippen LogP contribution in [0.4, 0.5) is 16.0 Å². The Morgan fingerprint density at radius 2 is 2.29 bits per heavy atom. The maximum Gasteiger partial charge on any atom is 0.273 e. The molecular formula is C10H8BrFN4O. The summed E-state index contributed by atoms with van der Waals surface area (Å²) >= 11 is 3.02. The number of nitrogens with one attached hydrogen (secondary N) is 2. The number of nitrogens with zero attached hydrogens (tertiary/aromatic N) is 1. The van der Waals surface area contributed by atoms with Crippen molar-refractivity contribution in [1.29, 1.82) is 0 Å². The second-order valence-electron chi connectivity index (χ2n) is 3.27. The molecule has 2 rings (SSSR count). The number of hydrogen-bond donors (Lipinski definition) is 3. The number of aromatic nitrogens is 2. The third-order valence-electron chi connectivity index (χ3n) is 2.02. The molecule has 0 unspecified atom stereocenters. The van der Waals surface area contributed by atoms with Crippen LogP contribution in [0, 0.1) is 5.82 Å². The van der Waals surface area contributed by atoms with Gasteiger partial charge in [0, 0.05) is 5.69 Å². The van der Waals surface area contributed by atoms with Crippen LogP contribution < -0.4 is 11.1 Å². The molecule has 0 aliphatic rings. The molecule has 4 N–H and O–H groups in total. The molecule has 1 aromatic heterocycles. The van der Waals surface area contributed by atoms with Crippen LogP contribution in [0.25, 0.3) is 0 Å². The molecular weight excluding hydrogens is 291 g/mol. The lowest BCUT2D eigenvalue weighted by Crippen LogP contribution is -2.12. The Hall–Kier alpha value is -1.89. The van der Waals surface area contributed by atoms with E-state index >= 15 is 0 Å². The number of hydrogen-bond acceptors (Lipinski definition) is 3. The fraction of sp³-hybridized carbons (Fsp3) is 0. The molecule has 2 aromatic rings. The molecule has 1 amide bonds. The molecule has 0 fully saturated rings. The largest absolute Gasteiger partial charge is 0.369 e. The first-order valence-corrected chi connectivity index (χ1v) is 5.42. The van der Waals surface area contributed by atoms with E-state index in [4.69, 9.17) is 5.73 Å². The Kier molecular flexibility index (Phi) is 3.10. The Bertz CT molecular complexity index is 569. The highest BCUT2D eigenvalue weighted by Gasteiger charge is 2.09. The number of benzene rings is 1. The standard InChI is InChI=1S/C10H8BrFN4O/c11-6-2-1-5(3-7(6)12)15-9(17)8-4-14-10(13)16-8/h1-4H,(H,15,17)(H3,13,14,16). The molecule has 0 saturated carbocycles. The van der Waals surface area contributed by atoms with Gasteiger partial charge in [0.1, 0.15) is 11.5 Å². The van der Waals surface area contributed by atoms with Crippen molar-refractivity contribution >= 4 is 33.5 Å². The smallest absolute Gasteiger partial charge is 0.273 e. The van der Waals surface area contributed by atoms with Gasteiger partial charge in [-0.1, -0.05) is 0 Å². The molecule has 0 spiro atoms. The van der Waals surface area contributed by atoms with E-state index in [-0.39, 0.29) is 11.6 Å². The third kappa shape index (κ3) is 2.62. The van der Waals surface area contributed by atoms with Crippen molar-refractivity contribution in [3.05, 3.63) is 40.4 Å². The summed E-state index contributed by atoms with van der Waals surface area (Å²) in [6.45, 7) is 0. The summed E-state index contributed by atoms with van der Waals surface area (Å²) in [5, 5.41) is 2.51. The number of aromatic amines is 1. The quantitative estimate of drug-likeness (QED) is 0.794. The number of anilines is 2. The molecule has 7 heteroatoms. The molecule has 0 aliphatic carbocycles. The minimum absolute atomic E-state index is 0.150. The van der Waals surface area contributed by atoms with Crippen LogP contribution in [0.3, 0.4) is 0 Å². The van der Waals surface area contributed by atoms with Gasteiger partial charge >= 0.3 is 0 Å². The summed E-state index contributed by atoms with van der Waals surface area (Å²) in [5.74, 6) is -0.736. The highest BCUT2D eigenvalue weighted by Crippen LogP contribution is 2.19. The van der Waals surface area contributed by atoms with E-state index in [0.29, 0.717) is 10.2 Å². The van der Waals surface area contributed by atoms with Crippen molar-refractivity contribution < 1.29 is 9.18 Å². The Labute approximate surface area is 104 Å². The van der Waals surface area contributed by atoms with Crippen molar-refractivity contribution in [2.45, 2.75) is 0 Å². The highest BCUT2D eigenvalue weighted by molar-refractivity contribution is 9.10. The number of nitrogen functional groups attached to an aromatic ring is 1. The first-order chi connectivity index (χ1) is 8.06. The average Bonchev–Trinajstić information content (AvgIpc) is 2.70. The highest BCUT2D eigenvalue weighted by atomic mass is 79.9. The van der Waals surface area contributed by atoms with E-state index in [1.54, 1.807) is 6.07 Å². The van der Waals surface area contributed by atoms with Crippen molar-refractivity contribution in [3.8, 4) is 0 Å². The van der Waals surface area contributed by atoms with Crippen LogP contribution >= 0.6 is 15.9 Å². The average molecular weight is 299 g/mol. The van der Waals surface area contributed by atoms with Gasteiger partial charge in [0.15, 0.2) is 5.95 Å². The number of amides is 1. The van der Waals surface area contributed by atoms with Crippen LogP contribution in [0.2, 0.25) is 0 Å². The lowest BCUT2D eigenvalue weighted by molar-refractivity contribution is 0.102. The zero-order valence-corrected chi connectivity index (χ0v) is 10.1. The topological polar surface area (TPSA) is 83.8 Å². The van der Waals surface area contributed by atoms with Gasteiger partial charge in [-0.05, 0) is 34.1 Å². The second kappa shape index (κ2) is 4.54. The van der Waals surface area contributed by atoms with E-state index in [2.05, 4.69) is 31.2 Å². The third-order valence-corrected chi connectivity index (χ3v) is 2.66. The van der Waals surface area contributed by atoms with Crippen LogP contribution in [-0.2, 0) is 0 Å². The van der Waals surface area contributed by atoms with E-state index in [1.807, 2.05) is 0 Å². The molecule has 17 heavy (non-hydrogen) atoms. The zero-order valence-electron chi connectivity index (χ0n) is 8.50. The first-order valence-electron chi connectivity index (χ1n) is 4.63. The Morgan fingerprint density at radius 1 is 1.53 bits per heavy atom. The molecule has 1 aromatic carbocycles. The van der Waals surface area contributed by atoms with E-state index in [0.717, 1.165) is 0 Å². The van der Waals surface area contributed by atoms with Gasteiger partial charge in [-0.3, -0.25) is 4.79 Å². The van der Waals surface area contributed by atoms with Gasteiger partial charge in [-0.2, -0.15) is 0 Å². The van der Waals surface area contributed by atoms with Gasteiger partial charge in [0.05, 0.1) is 10.7 Å². The summed E-state index contributed by atoms with van der Waals surface area (Å²) in [7, 11) is 0. The Morgan fingerprint density at radius 3 is 2.88 bits per heavy atom. The monoisotopic (exact) mass is 298 g/mol. The molecule has 1 heterocycles. The minimum Gasteiger partial charge on any atom is -0.369 e. The molecule has 0 aliphatic heterocycles. The van der Waals surface area contributed by atoms with Crippen LogP contribution in [0.1, 0.15) is 10.5 Å². The normalized spacial score (nSPS) is 10.2. The van der Waals surface area contributed by atoms with Gasteiger partial charge < -0.3 is 16.0 Å². The van der Waals surface area contributed by atoms with Crippen LogP contribution in [-0.4, -0.2) is 15.9 Å². The summed E-state index contributed by atoms with van der Waals surface area (Å²) in [6.07, 6.45) is 1.31. The van der Waals surface area contributed by atoms with E-state index < -0.39 is 11.7 Å². The number of halogens is 2. The fourth-order valence-electron chi connectivity index (χ4n) is 1.22. The first kappa shape index (κ1) is 11.6. The lowest BCUT2D eigenvalue weighted by atomic mass is 10.3. The maximum atomic E-state index is 13.2. The lowest BCUT2D eigenvalue weighted by Gasteiger charge is -2.04. The number of imidazole rings is 1. The summed E-state index contributed by atoms with van der Waals surface area (Å²) in [4.78, 5) is 17.9. The van der Waals surface area contributed by atoms with Gasteiger partial charge in [0.2, 0.25) is 0 Å². The number of rotatable bonds is 2. The van der Waals surface area contributed by atoms with E-state index in [1.165, 1.54) is 18.3 Å². The number of carbonyl (C=O) groups is 1. The van der Waals surface area contributed by atoms with Crippen molar-refractivity contribution in [1.82, 2.24) is 9.97 Å².